The van der Waals surface area contributed by atoms with Crippen molar-refractivity contribution in [2.45, 2.75) is 151 Å². The summed E-state index contributed by atoms with van der Waals surface area (Å²) in [6, 6.07) is 6.37. The summed E-state index contributed by atoms with van der Waals surface area (Å²) in [7, 11) is 0. The first kappa shape index (κ1) is 41.3. The second kappa shape index (κ2) is 14.0. The molecule has 5 aliphatic carbocycles. The standard InChI is InChI=1S/C49H68FN3O5/c1-29(2)32-18-23-49(42(55)53-26-10-11-35(53)41-51-28-34(52-41)30-12-14-31(50)15-13-30)25-24-47(8)33(40(32)49)16-17-37-46(7)21-20-38(58-39(54)27-44(3,4)43(56)57)45(5,6)36(46)19-22-48(37,47)9/h12-15,28,32-33,35-38,40H,1,10-11,16-27H2,2-9H3,(H,51,52)(H,56,57)/t32-,33+,35?,36-,37?,38-,40?,46-,47+,48+,49-/m0/s1. The van der Waals surface area contributed by atoms with Crippen LogP contribution in [-0.2, 0) is 19.1 Å². The number of carbonyl (C=O) groups is 3. The third-order valence-electron chi connectivity index (χ3n) is 18.5. The van der Waals surface area contributed by atoms with Gasteiger partial charge in [0.2, 0.25) is 5.91 Å². The number of hydrogen-bond acceptors (Lipinski definition) is 5. The predicted octanol–water partition coefficient (Wildman–Crippen LogP) is 10.9. The summed E-state index contributed by atoms with van der Waals surface area (Å²) >= 11 is 0. The molecule has 0 radical (unpaired) electrons. The van der Waals surface area contributed by atoms with Crippen molar-refractivity contribution in [1.82, 2.24) is 14.9 Å². The number of carboxylic acid groups (broad SMARTS) is 1. The van der Waals surface area contributed by atoms with E-state index in [0.717, 1.165) is 101 Å². The van der Waals surface area contributed by atoms with Gasteiger partial charge in [0, 0.05) is 12.0 Å². The van der Waals surface area contributed by atoms with Gasteiger partial charge in [-0.25, -0.2) is 9.37 Å². The summed E-state index contributed by atoms with van der Waals surface area (Å²) in [6.45, 7) is 23.1. The van der Waals surface area contributed by atoms with Crippen LogP contribution in [-0.4, -0.2) is 50.5 Å². The number of imidazole rings is 1. The van der Waals surface area contributed by atoms with E-state index in [1.165, 1.54) is 17.7 Å². The van der Waals surface area contributed by atoms with Gasteiger partial charge >= 0.3 is 11.9 Å². The Balaban J connectivity index is 1.05. The van der Waals surface area contributed by atoms with Crippen LogP contribution in [0.4, 0.5) is 4.39 Å². The van der Waals surface area contributed by atoms with Gasteiger partial charge in [-0.3, -0.25) is 14.4 Å². The average molecular weight is 798 g/mol. The van der Waals surface area contributed by atoms with Crippen molar-refractivity contribution in [3.63, 3.8) is 0 Å². The molecule has 6 fully saturated rings. The molecule has 0 bridgehead atoms. The zero-order valence-electron chi connectivity index (χ0n) is 36.4. The van der Waals surface area contributed by atoms with Crippen molar-refractivity contribution in [1.29, 1.82) is 0 Å². The molecule has 11 atom stereocenters. The molecule has 3 unspecified atom stereocenters. The van der Waals surface area contributed by atoms with Crippen molar-refractivity contribution in [3.8, 4) is 11.3 Å². The molecule has 316 valence electrons. The van der Waals surface area contributed by atoms with Crippen molar-refractivity contribution in [2.75, 3.05) is 6.54 Å². The van der Waals surface area contributed by atoms with E-state index in [1.807, 2.05) is 6.20 Å². The van der Waals surface area contributed by atoms with E-state index in [4.69, 9.17) is 9.72 Å². The highest BCUT2D eigenvalue weighted by atomic mass is 19.1. The fraction of sp³-hybridized carbons (Fsp3) is 0.714. The Morgan fingerprint density at radius 1 is 0.931 bits per heavy atom. The lowest BCUT2D eigenvalue weighted by atomic mass is 9.32. The fourth-order valence-electron chi connectivity index (χ4n) is 15.2. The largest absolute Gasteiger partial charge is 0.481 e. The Morgan fingerprint density at radius 3 is 2.34 bits per heavy atom. The highest BCUT2D eigenvalue weighted by Crippen LogP contribution is 2.78. The maximum atomic E-state index is 15.5. The number of esters is 1. The summed E-state index contributed by atoms with van der Waals surface area (Å²) in [4.78, 5) is 51.0. The van der Waals surface area contributed by atoms with Gasteiger partial charge < -0.3 is 19.7 Å². The summed E-state index contributed by atoms with van der Waals surface area (Å²) < 4.78 is 19.9. The molecule has 58 heavy (non-hydrogen) atoms. The number of hydrogen-bond donors (Lipinski definition) is 2. The minimum Gasteiger partial charge on any atom is -0.481 e. The number of aliphatic carboxylic acids is 1. The van der Waals surface area contributed by atoms with Gasteiger partial charge in [-0.05, 0) is 173 Å². The molecule has 2 aromatic rings. The Hall–Kier alpha value is -3.49. The first-order valence-corrected chi connectivity index (χ1v) is 22.4. The van der Waals surface area contributed by atoms with Crippen LogP contribution in [0.25, 0.3) is 11.3 Å². The molecule has 8 rings (SSSR count). The quantitative estimate of drug-likeness (QED) is 0.203. The van der Waals surface area contributed by atoms with E-state index in [9.17, 15) is 19.1 Å². The van der Waals surface area contributed by atoms with Gasteiger partial charge in [0.05, 0.1) is 35.2 Å². The molecule has 6 aliphatic rings. The number of aromatic nitrogens is 2. The number of allylic oxidation sites excluding steroid dienone is 1. The number of ether oxygens (including phenoxy) is 1. The van der Waals surface area contributed by atoms with Gasteiger partial charge in [0.1, 0.15) is 17.7 Å². The lowest BCUT2D eigenvalue weighted by Crippen LogP contribution is -2.67. The number of amides is 1. The molecule has 1 aliphatic heterocycles. The molecule has 9 heteroatoms. The highest BCUT2D eigenvalue weighted by molar-refractivity contribution is 5.85. The van der Waals surface area contributed by atoms with Gasteiger partial charge in [0.15, 0.2) is 0 Å². The fourth-order valence-corrected chi connectivity index (χ4v) is 15.2. The van der Waals surface area contributed by atoms with E-state index in [1.54, 1.807) is 26.0 Å². The summed E-state index contributed by atoms with van der Waals surface area (Å²) in [5.41, 5.74) is 1.39. The monoisotopic (exact) mass is 798 g/mol. The highest BCUT2D eigenvalue weighted by Gasteiger charge is 2.72. The number of aromatic amines is 1. The van der Waals surface area contributed by atoms with Crippen LogP contribution in [0.1, 0.15) is 151 Å². The van der Waals surface area contributed by atoms with Gasteiger partial charge in [-0.2, -0.15) is 0 Å². The van der Waals surface area contributed by atoms with Gasteiger partial charge in [-0.15, -0.1) is 0 Å². The third-order valence-corrected chi connectivity index (χ3v) is 18.5. The van der Waals surface area contributed by atoms with Crippen molar-refractivity contribution in [3.05, 3.63) is 54.3 Å². The van der Waals surface area contributed by atoms with E-state index in [-0.39, 0.29) is 52.0 Å². The number of carbonyl (C=O) groups excluding carboxylic acids is 2. The molecule has 5 saturated carbocycles. The lowest BCUT2D eigenvalue weighted by molar-refractivity contribution is -0.250. The van der Waals surface area contributed by atoms with Crippen molar-refractivity contribution in [2.24, 2.45) is 62.1 Å². The second-order valence-corrected chi connectivity index (χ2v) is 21.9. The predicted molar refractivity (Wildman–Crippen MR) is 223 cm³/mol. The van der Waals surface area contributed by atoms with E-state index in [0.29, 0.717) is 29.6 Å². The number of benzene rings is 1. The van der Waals surface area contributed by atoms with Crippen LogP contribution >= 0.6 is 0 Å². The molecule has 1 aromatic heterocycles. The molecule has 1 aromatic carbocycles. The number of halogens is 1. The summed E-state index contributed by atoms with van der Waals surface area (Å²) in [5, 5.41) is 9.66. The van der Waals surface area contributed by atoms with Crippen LogP contribution in [0.15, 0.2) is 42.6 Å². The number of H-pyrrole nitrogens is 1. The number of likely N-dealkylation sites (tertiary alicyclic amines) is 1. The van der Waals surface area contributed by atoms with Gasteiger partial charge in [-0.1, -0.05) is 46.8 Å². The summed E-state index contributed by atoms with van der Waals surface area (Å²) in [6.07, 6.45) is 13.4. The normalized spacial score (nSPS) is 39.2. The Bertz CT molecular complexity index is 1970. The van der Waals surface area contributed by atoms with Crippen molar-refractivity contribution < 1.29 is 28.6 Å². The molecular weight excluding hydrogens is 730 g/mol. The second-order valence-electron chi connectivity index (χ2n) is 21.9. The molecule has 2 N–H and O–H groups in total. The van der Waals surface area contributed by atoms with Crippen molar-refractivity contribution >= 4 is 17.8 Å². The zero-order valence-corrected chi connectivity index (χ0v) is 36.4. The van der Waals surface area contributed by atoms with E-state index < -0.39 is 22.8 Å². The number of nitrogens with zero attached hydrogens (tertiary/aromatic N) is 2. The Labute approximate surface area is 345 Å². The van der Waals surface area contributed by atoms with Crippen LogP contribution in [0.2, 0.25) is 0 Å². The SMILES string of the molecule is C=C(C)[C@@H]1CC[C@]2(C(=O)N3CCCC3c3ncc(-c4ccc(F)cc4)[nH]3)CC[C@]3(C)[C@H](CCC4[C@@]5(C)CC[C@H](OC(=O)CC(C)(C)C(=O)O)C(C)(C)[C@@H]5CC[C@]43C)C12. The maximum absolute atomic E-state index is 15.5. The first-order chi connectivity index (χ1) is 27.2. The Morgan fingerprint density at radius 2 is 1.66 bits per heavy atom. The van der Waals surface area contributed by atoms with Crippen LogP contribution < -0.4 is 0 Å². The van der Waals surface area contributed by atoms with Crippen LogP contribution in [0, 0.1) is 67.9 Å². The summed E-state index contributed by atoms with van der Waals surface area (Å²) in [5.74, 6) is 1.39. The molecule has 8 nitrogen and oxygen atoms in total. The maximum Gasteiger partial charge on any atom is 0.309 e. The average Bonchev–Trinajstić information content (AvgIpc) is 3.92. The van der Waals surface area contributed by atoms with Gasteiger partial charge in [0.25, 0.3) is 0 Å². The molecule has 0 spiro atoms. The molecule has 1 saturated heterocycles. The Kier molecular flexibility index (Phi) is 9.99. The smallest absolute Gasteiger partial charge is 0.309 e. The third kappa shape index (κ3) is 6.07. The lowest BCUT2D eigenvalue weighted by Gasteiger charge is -2.73. The van der Waals surface area contributed by atoms with Crippen LogP contribution in [0.3, 0.4) is 0 Å². The minimum absolute atomic E-state index is 0.0712. The topological polar surface area (TPSA) is 113 Å². The number of nitrogens with one attached hydrogen (secondary N) is 1. The zero-order chi connectivity index (χ0) is 41.8. The molecule has 2 heterocycles. The molecule has 1 amide bonds. The van der Waals surface area contributed by atoms with Crippen LogP contribution in [0.5, 0.6) is 0 Å². The number of fused-ring (bicyclic) bond motifs is 7. The van der Waals surface area contributed by atoms with E-state index >= 15 is 4.79 Å². The number of rotatable bonds is 8. The van der Waals surface area contributed by atoms with E-state index in [2.05, 4.69) is 58.0 Å². The minimum atomic E-state index is -1.16. The number of carboxylic acids is 1. The first-order valence-electron chi connectivity index (χ1n) is 22.4. The molecular formula is C49H68FN3O5.